The van der Waals surface area contributed by atoms with Gasteiger partial charge in [0.2, 0.25) is 5.91 Å². The number of carboxylic acid groups (broad SMARTS) is 1. The van der Waals surface area contributed by atoms with Gasteiger partial charge in [0.05, 0.1) is 5.54 Å². The maximum atomic E-state index is 12.2. The SMILES string of the molecule is CCC1(NC(=O)CCC2CCCC2)C=CC=CC1C(=O)O. The standard InChI is InChI=1S/C17H25NO3/c1-2-17(12-6-5-9-14(17)16(20)21)18-15(19)11-10-13-7-3-4-8-13/h5-6,9,12-14H,2-4,7-8,10-11H2,1H3,(H,18,19)(H,20,21). The van der Waals surface area contributed by atoms with Crippen LogP contribution in [-0.4, -0.2) is 22.5 Å². The van der Waals surface area contributed by atoms with Crippen LogP contribution < -0.4 is 5.32 Å². The highest BCUT2D eigenvalue weighted by molar-refractivity contribution is 5.81. The molecule has 2 aliphatic rings. The van der Waals surface area contributed by atoms with Crippen molar-refractivity contribution in [1.29, 1.82) is 0 Å². The molecule has 1 saturated carbocycles. The number of carbonyl (C=O) groups is 2. The summed E-state index contributed by atoms with van der Waals surface area (Å²) in [6, 6.07) is 0. The van der Waals surface area contributed by atoms with Crippen LogP contribution in [0.5, 0.6) is 0 Å². The molecule has 1 fully saturated rings. The van der Waals surface area contributed by atoms with E-state index < -0.39 is 17.4 Å². The Balaban J connectivity index is 1.96. The maximum absolute atomic E-state index is 12.2. The Hall–Kier alpha value is -1.58. The first kappa shape index (κ1) is 15.8. The highest BCUT2D eigenvalue weighted by Gasteiger charge is 2.40. The summed E-state index contributed by atoms with van der Waals surface area (Å²) < 4.78 is 0. The van der Waals surface area contributed by atoms with E-state index in [1.165, 1.54) is 25.7 Å². The molecule has 0 bridgehead atoms. The van der Waals surface area contributed by atoms with Gasteiger partial charge in [-0.2, -0.15) is 0 Å². The molecule has 2 atom stereocenters. The Bertz CT molecular complexity index is 449. The minimum absolute atomic E-state index is 0.0325. The van der Waals surface area contributed by atoms with Crippen LogP contribution in [0.15, 0.2) is 24.3 Å². The zero-order chi connectivity index (χ0) is 15.3. The van der Waals surface area contributed by atoms with E-state index in [4.69, 9.17) is 0 Å². The molecule has 0 heterocycles. The zero-order valence-corrected chi connectivity index (χ0v) is 12.7. The molecule has 21 heavy (non-hydrogen) atoms. The van der Waals surface area contributed by atoms with Gasteiger partial charge < -0.3 is 10.4 Å². The zero-order valence-electron chi connectivity index (χ0n) is 12.7. The summed E-state index contributed by atoms with van der Waals surface area (Å²) in [6.45, 7) is 1.91. The summed E-state index contributed by atoms with van der Waals surface area (Å²) in [5.41, 5.74) is -0.784. The Morgan fingerprint density at radius 1 is 1.29 bits per heavy atom. The molecule has 0 spiro atoms. The summed E-state index contributed by atoms with van der Waals surface area (Å²) >= 11 is 0. The number of aliphatic carboxylic acids is 1. The van der Waals surface area contributed by atoms with Gasteiger partial charge in [-0.05, 0) is 18.8 Å². The van der Waals surface area contributed by atoms with Gasteiger partial charge in [-0.25, -0.2) is 0 Å². The van der Waals surface area contributed by atoms with E-state index in [0.29, 0.717) is 18.8 Å². The second-order valence-corrected chi connectivity index (χ2v) is 6.19. The number of amides is 1. The highest BCUT2D eigenvalue weighted by Crippen LogP contribution is 2.30. The van der Waals surface area contributed by atoms with Crippen molar-refractivity contribution >= 4 is 11.9 Å². The minimum Gasteiger partial charge on any atom is -0.481 e. The minimum atomic E-state index is -0.895. The molecule has 2 rings (SSSR count). The lowest BCUT2D eigenvalue weighted by Crippen LogP contribution is -2.54. The van der Waals surface area contributed by atoms with Crippen LogP contribution in [0.1, 0.15) is 51.9 Å². The molecule has 116 valence electrons. The Labute approximate surface area is 126 Å². The fraction of sp³-hybridized carbons (Fsp3) is 0.647. The number of carboxylic acids is 1. The van der Waals surface area contributed by atoms with Crippen LogP contribution in [-0.2, 0) is 9.59 Å². The van der Waals surface area contributed by atoms with Gasteiger partial charge in [0.1, 0.15) is 5.92 Å². The lowest BCUT2D eigenvalue weighted by atomic mass is 9.78. The van der Waals surface area contributed by atoms with Gasteiger partial charge in [-0.3, -0.25) is 9.59 Å². The van der Waals surface area contributed by atoms with E-state index in [1.54, 1.807) is 12.2 Å². The Morgan fingerprint density at radius 3 is 2.62 bits per heavy atom. The smallest absolute Gasteiger partial charge is 0.313 e. The van der Waals surface area contributed by atoms with E-state index in [1.807, 2.05) is 19.1 Å². The summed E-state index contributed by atoms with van der Waals surface area (Å²) in [5, 5.41) is 12.4. The third-order valence-corrected chi connectivity index (χ3v) is 4.84. The summed E-state index contributed by atoms with van der Waals surface area (Å²) in [6.07, 6.45) is 14.0. The van der Waals surface area contributed by atoms with Crippen molar-refractivity contribution < 1.29 is 14.7 Å². The third-order valence-electron chi connectivity index (χ3n) is 4.84. The average Bonchev–Trinajstić information content (AvgIpc) is 2.98. The van der Waals surface area contributed by atoms with Gasteiger partial charge in [0.25, 0.3) is 0 Å². The molecule has 4 heteroatoms. The number of rotatable bonds is 6. The number of hydrogen-bond donors (Lipinski definition) is 2. The Morgan fingerprint density at radius 2 is 2.00 bits per heavy atom. The summed E-state index contributed by atoms with van der Waals surface area (Å²) in [7, 11) is 0. The number of hydrogen-bond acceptors (Lipinski definition) is 2. The molecule has 2 N–H and O–H groups in total. The molecule has 0 aromatic carbocycles. The van der Waals surface area contributed by atoms with Gasteiger partial charge in [-0.1, -0.05) is 56.9 Å². The van der Waals surface area contributed by atoms with Gasteiger partial charge >= 0.3 is 5.97 Å². The number of nitrogens with one attached hydrogen (secondary N) is 1. The maximum Gasteiger partial charge on any atom is 0.313 e. The molecule has 0 aliphatic heterocycles. The largest absolute Gasteiger partial charge is 0.481 e. The molecular formula is C17H25NO3. The van der Waals surface area contributed by atoms with Gasteiger partial charge in [0, 0.05) is 6.42 Å². The molecule has 0 radical (unpaired) electrons. The fourth-order valence-corrected chi connectivity index (χ4v) is 3.48. The summed E-state index contributed by atoms with van der Waals surface area (Å²) in [4.78, 5) is 23.7. The fourth-order valence-electron chi connectivity index (χ4n) is 3.48. The van der Waals surface area contributed by atoms with Crippen LogP contribution in [0.4, 0.5) is 0 Å². The predicted octanol–water partition coefficient (Wildman–Crippen LogP) is 3.05. The molecule has 0 saturated heterocycles. The molecule has 0 aromatic rings. The van der Waals surface area contributed by atoms with E-state index >= 15 is 0 Å². The van der Waals surface area contributed by atoms with Crippen LogP contribution in [0, 0.1) is 11.8 Å². The second-order valence-electron chi connectivity index (χ2n) is 6.19. The van der Waals surface area contributed by atoms with Crippen LogP contribution in [0.2, 0.25) is 0 Å². The molecule has 0 aromatic heterocycles. The van der Waals surface area contributed by atoms with Crippen LogP contribution in [0.3, 0.4) is 0 Å². The lowest BCUT2D eigenvalue weighted by molar-refractivity contribution is -0.142. The lowest BCUT2D eigenvalue weighted by Gasteiger charge is -2.36. The predicted molar refractivity (Wildman–Crippen MR) is 81.8 cm³/mol. The van der Waals surface area contributed by atoms with Crippen molar-refractivity contribution in [3.05, 3.63) is 24.3 Å². The van der Waals surface area contributed by atoms with Crippen molar-refractivity contribution in [3.63, 3.8) is 0 Å². The number of allylic oxidation sites excluding steroid dienone is 2. The molecule has 2 aliphatic carbocycles. The average molecular weight is 291 g/mol. The monoisotopic (exact) mass is 291 g/mol. The van der Waals surface area contributed by atoms with Crippen molar-refractivity contribution in [1.82, 2.24) is 5.32 Å². The first-order valence-corrected chi connectivity index (χ1v) is 7.97. The quantitative estimate of drug-likeness (QED) is 0.790. The normalized spacial score (nSPS) is 28.7. The van der Waals surface area contributed by atoms with Crippen molar-refractivity contribution in [3.8, 4) is 0 Å². The van der Waals surface area contributed by atoms with E-state index in [-0.39, 0.29) is 5.91 Å². The van der Waals surface area contributed by atoms with E-state index in [0.717, 1.165) is 6.42 Å². The van der Waals surface area contributed by atoms with Gasteiger partial charge in [-0.15, -0.1) is 0 Å². The van der Waals surface area contributed by atoms with Crippen LogP contribution in [0.25, 0.3) is 0 Å². The first-order chi connectivity index (χ1) is 10.1. The summed E-state index contributed by atoms with van der Waals surface area (Å²) in [5.74, 6) is -0.947. The third kappa shape index (κ3) is 3.74. The van der Waals surface area contributed by atoms with Crippen molar-refractivity contribution in [2.75, 3.05) is 0 Å². The van der Waals surface area contributed by atoms with E-state index in [9.17, 15) is 14.7 Å². The Kier molecular flexibility index (Phi) is 5.21. The van der Waals surface area contributed by atoms with Crippen LogP contribution >= 0.6 is 0 Å². The van der Waals surface area contributed by atoms with E-state index in [2.05, 4.69) is 5.32 Å². The van der Waals surface area contributed by atoms with Crippen molar-refractivity contribution in [2.45, 2.75) is 57.4 Å². The molecule has 1 amide bonds. The molecular weight excluding hydrogens is 266 g/mol. The second kappa shape index (κ2) is 6.92. The molecule has 2 unspecified atom stereocenters. The highest BCUT2D eigenvalue weighted by atomic mass is 16.4. The van der Waals surface area contributed by atoms with Crippen molar-refractivity contribution in [2.24, 2.45) is 11.8 Å². The topological polar surface area (TPSA) is 66.4 Å². The molecule has 4 nitrogen and oxygen atoms in total. The number of carbonyl (C=O) groups excluding carboxylic acids is 1. The van der Waals surface area contributed by atoms with Gasteiger partial charge in [0.15, 0.2) is 0 Å². The first-order valence-electron chi connectivity index (χ1n) is 7.97.